The topological polar surface area (TPSA) is 101 Å². The predicted molar refractivity (Wildman–Crippen MR) is 82.0 cm³/mol. The van der Waals surface area contributed by atoms with Gasteiger partial charge in [-0.15, -0.1) is 0 Å². The molecule has 0 spiro atoms. The van der Waals surface area contributed by atoms with Gasteiger partial charge in [-0.1, -0.05) is 12.1 Å². The van der Waals surface area contributed by atoms with Crippen molar-refractivity contribution in [2.24, 2.45) is 5.73 Å². The van der Waals surface area contributed by atoms with Crippen molar-refractivity contribution in [3.63, 3.8) is 0 Å². The highest BCUT2D eigenvalue weighted by Gasteiger charge is 2.25. The Kier molecular flexibility index (Phi) is 4.00. The smallest absolute Gasteiger partial charge is 0.253 e. The summed E-state index contributed by atoms with van der Waals surface area (Å²) < 4.78 is 5.47. The van der Waals surface area contributed by atoms with Crippen LogP contribution in [0.3, 0.4) is 0 Å². The first-order valence-electron chi connectivity index (χ1n) is 7.15. The van der Waals surface area contributed by atoms with E-state index < -0.39 is 6.10 Å². The summed E-state index contributed by atoms with van der Waals surface area (Å²) in [6, 6.07) is 11.0. The molecule has 6 nitrogen and oxygen atoms in total. The van der Waals surface area contributed by atoms with E-state index in [1.807, 2.05) is 24.3 Å². The first kappa shape index (κ1) is 14.4. The zero-order valence-corrected chi connectivity index (χ0v) is 12.0. The van der Waals surface area contributed by atoms with Crippen molar-refractivity contribution in [3.8, 4) is 6.07 Å². The highest BCUT2D eigenvalue weighted by atomic mass is 16.5. The molecular weight excluding hydrogens is 280 g/mol. The van der Waals surface area contributed by atoms with E-state index in [0.29, 0.717) is 29.9 Å². The molecule has 3 N–H and O–H groups in total. The molecule has 22 heavy (non-hydrogen) atoms. The number of nitrogens with zero attached hydrogens (tertiary/aromatic N) is 2. The van der Waals surface area contributed by atoms with Gasteiger partial charge in [0.1, 0.15) is 17.9 Å². The number of nitrogens with one attached hydrogen (secondary N) is 1. The van der Waals surface area contributed by atoms with Gasteiger partial charge in [0.05, 0.1) is 17.8 Å². The van der Waals surface area contributed by atoms with Gasteiger partial charge in [0.15, 0.2) is 0 Å². The van der Waals surface area contributed by atoms with Crippen LogP contribution in [0, 0.1) is 11.3 Å². The number of pyridine rings is 1. The van der Waals surface area contributed by atoms with Crippen molar-refractivity contribution < 1.29 is 9.53 Å². The molecule has 6 heteroatoms. The summed E-state index contributed by atoms with van der Waals surface area (Å²) in [6.07, 6.45) is 0.883. The minimum Gasteiger partial charge on any atom is -0.367 e. The van der Waals surface area contributed by atoms with Gasteiger partial charge in [0.25, 0.3) is 5.91 Å². The molecular formula is C16H16N4O2. The van der Waals surface area contributed by atoms with Crippen molar-refractivity contribution in [1.82, 2.24) is 4.98 Å². The summed E-state index contributed by atoms with van der Waals surface area (Å²) in [6.45, 7) is 0.393. The van der Waals surface area contributed by atoms with E-state index in [4.69, 9.17) is 15.7 Å². The van der Waals surface area contributed by atoms with E-state index in [9.17, 15) is 4.79 Å². The maximum absolute atomic E-state index is 12.3. The molecule has 2 atom stereocenters. The number of ether oxygens (including phenoxy) is 1. The van der Waals surface area contributed by atoms with Crippen LogP contribution < -0.4 is 11.1 Å². The third-order valence-electron chi connectivity index (χ3n) is 3.70. The third kappa shape index (κ3) is 2.91. The fourth-order valence-electron chi connectivity index (χ4n) is 2.50. The summed E-state index contributed by atoms with van der Waals surface area (Å²) in [4.78, 5) is 16.6. The summed E-state index contributed by atoms with van der Waals surface area (Å²) in [5, 5.41) is 12.7. The molecule has 1 saturated heterocycles. The van der Waals surface area contributed by atoms with Crippen LogP contribution in [0.5, 0.6) is 0 Å². The Morgan fingerprint density at radius 2 is 2.23 bits per heavy atom. The first-order chi connectivity index (χ1) is 10.7. The van der Waals surface area contributed by atoms with Crippen molar-refractivity contribution in [2.45, 2.75) is 25.0 Å². The molecule has 0 saturated carbocycles. The van der Waals surface area contributed by atoms with E-state index in [1.54, 1.807) is 12.1 Å². The van der Waals surface area contributed by atoms with Crippen molar-refractivity contribution in [1.29, 1.82) is 5.26 Å². The Hall–Kier alpha value is -2.49. The number of amides is 1. The van der Waals surface area contributed by atoms with Gasteiger partial charge < -0.3 is 15.8 Å². The molecule has 112 valence electrons. The Morgan fingerprint density at radius 1 is 1.36 bits per heavy atom. The number of carbonyl (C=O) groups excluding carboxylic acids is 1. The van der Waals surface area contributed by atoms with Gasteiger partial charge in [-0.05, 0) is 31.0 Å². The van der Waals surface area contributed by atoms with Crippen molar-refractivity contribution in [3.05, 3.63) is 36.0 Å². The van der Waals surface area contributed by atoms with Crippen LogP contribution in [-0.2, 0) is 9.53 Å². The number of anilines is 1. The summed E-state index contributed by atoms with van der Waals surface area (Å²) in [7, 11) is 0. The maximum Gasteiger partial charge on any atom is 0.253 e. The largest absolute Gasteiger partial charge is 0.367 e. The molecule has 1 aliphatic heterocycles. The van der Waals surface area contributed by atoms with E-state index in [-0.39, 0.29) is 11.9 Å². The SMILES string of the molecule is N#Cc1ccc2cccc(NC(=O)[C@@H]3CC[C@@H](N)CO3)c2n1. The quantitative estimate of drug-likeness (QED) is 0.875. The number of nitrogens with two attached hydrogens (primary N) is 1. The molecule has 1 aromatic carbocycles. The van der Waals surface area contributed by atoms with Gasteiger partial charge in [0, 0.05) is 11.4 Å². The van der Waals surface area contributed by atoms with Crippen molar-refractivity contribution in [2.75, 3.05) is 11.9 Å². The monoisotopic (exact) mass is 296 g/mol. The van der Waals surface area contributed by atoms with E-state index >= 15 is 0 Å². The molecule has 1 fully saturated rings. The average Bonchev–Trinajstić information content (AvgIpc) is 2.55. The number of hydrogen-bond donors (Lipinski definition) is 2. The van der Waals surface area contributed by atoms with E-state index in [1.165, 1.54) is 0 Å². The van der Waals surface area contributed by atoms with Gasteiger partial charge in [-0.2, -0.15) is 5.26 Å². The van der Waals surface area contributed by atoms with E-state index in [2.05, 4.69) is 10.3 Å². The number of rotatable bonds is 2. The zero-order chi connectivity index (χ0) is 15.5. The molecule has 1 aromatic heterocycles. The maximum atomic E-state index is 12.3. The number of nitriles is 1. The number of benzene rings is 1. The Morgan fingerprint density at radius 3 is 2.95 bits per heavy atom. The lowest BCUT2D eigenvalue weighted by Gasteiger charge is -2.25. The lowest BCUT2D eigenvalue weighted by atomic mass is 10.1. The number of para-hydroxylation sites is 1. The molecule has 0 radical (unpaired) electrons. The van der Waals surface area contributed by atoms with Gasteiger partial charge in [-0.3, -0.25) is 4.79 Å². The van der Waals surface area contributed by atoms with Gasteiger partial charge in [0.2, 0.25) is 0 Å². The second kappa shape index (κ2) is 6.10. The van der Waals surface area contributed by atoms with Crippen molar-refractivity contribution >= 4 is 22.5 Å². The molecule has 1 amide bonds. The first-order valence-corrected chi connectivity index (χ1v) is 7.15. The Labute approximate surface area is 127 Å². The summed E-state index contributed by atoms with van der Waals surface area (Å²) >= 11 is 0. The van der Waals surface area contributed by atoms with Crippen LogP contribution in [-0.4, -0.2) is 29.6 Å². The summed E-state index contributed by atoms with van der Waals surface area (Å²) in [5.41, 5.74) is 7.25. The second-order valence-electron chi connectivity index (χ2n) is 5.33. The molecule has 2 aromatic rings. The number of carbonyl (C=O) groups is 1. The number of hydrogen-bond acceptors (Lipinski definition) is 5. The normalized spacial score (nSPS) is 21.3. The highest BCUT2D eigenvalue weighted by molar-refractivity contribution is 6.02. The standard InChI is InChI=1S/C16H16N4O2/c17-8-12-6-4-10-2-1-3-13(15(10)19-12)20-16(21)14-7-5-11(18)9-22-14/h1-4,6,11,14H,5,7,9,18H2,(H,20,21)/t11-,14+/m1/s1. The van der Waals surface area contributed by atoms with Crippen LogP contribution in [0.25, 0.3) is 10.9 Å². The lowest BCUT2D eigenvalue weighted by Crippen LogP contribution is -2.41. The van der Waals surface area contributed by atoms with Crippen LogP contribution in [0.2, 0.25) is 0 Å². The molecule has 1 aliphatic rings. The molecule has 0 aliphatic carbocycles. The number of fused-ring (bicyclic) bond motifs is 1. The molecule has 0 unspecified atom stereocenters. The fraction of sp³-hybridized carbons (Fsp3) is 0.312. The summed E-state index contributed by atoms with van der Waals surface area (Å²) in [5.74, 6) is -0.205. The third-order valence-corrected chi connectivity index (χ3v) is 3.70. The highest BCUT2D eigenvalue weighted by Crippen LogP contribution is 2.23. The lowest BCUT2D eigenvalue weighted by molar-refractivity contribution is -0.130. The predicted octanol–water partition coefficient (Wildman–Crippen LogP) is 1.55. The molecule has 0 bridgehead atoms. The average molecular weight is 296 g/mol. The minimum atomic E-state index is -0.491. The zero-order valence-electron chi connectivity index (χ0n) is 12.0. The number of aromatic nitrogens is 1. The van der Waals surface area contributed by atoms with Crippen LogP contribution in [0.15, 0.2) is 30.3 Å². The fourth-order valence-corrected chi connectivity index (χ4v) is 2.50. The second-order valence-corrected chi connectivity index (χ2v) is 5.33. The van der Waals surface area contributed by atoms with Gasteiger partial charge in [-0.25, -0.2) is 4.98 Å². The minimum absolute atomic E-state index is 0.00135. The van der Waals surface area contributed by atoms with Crippen LogP contribution in [0.1, 0.15) is 18.5 Å². The van der Waals surface area contributed by atoms with Gasteiger partial charge >= 0.3 is 0 Å². The Bertz CT molecular complexity index is 745. The van der Waals surface area contributed by atoms with Crippen LogP contribution in [0.4, 0.5) is 5.69 Å². The molecule has 2 heterocycles. The Balaban J connectivity index is 1.84. The van der Waals surface area contributed by atoms with E-state index in [0.717, 1.165) is 11.8 Å². The molecule has 3 rings (SSSR count). The van der Waals surface area contributed by atoms with Crippen LogP contribution >= 0.6 is 0 Å².